The van der Waals surface area contributed by atoms with Crippen LogP contribution >= 0.6 is 15.9 Å². The van der Waals surface area contributed by atoms with Gasteiger partial charge in [-0.15, -0.1) is 0 Å². The van der Waals surface area contributed by atoms with Crippen LogP contribution < -0.4 is 4.90 Å². The van der Waals surface area contributed by atoms with Gasteiger partial charge in [-0.25, -0.2) is 4.39 Å². The predicted molar refractivity (Wildman–Crippen MR) is 80.4 cm³/mol. The van der Waals surface area contributed by atoms with E-state index in [1.165, 1.54) is 5.56 Å². The lowest BCUT2D eigenvalue weighted by molar-refractivity contribution is 0.625. The third-order valence-electron chi connectivity index (χ3n) is 3.61. The van der Waals surface area contributed by atoms with Gasteiger partial charge in [-0.1, -0.05) is 46.3 Å². The second kappa shape index (κ2) is 5.33. The number of benzene rings is 2. The van der Waals surface area contributed by atoms with Gasteiger partial charge >= 0.3 is 0 Å². The van der Waals surface area contributed by atoms with Crippen molar-refractivity contribution in [2.45, 2.75) is 12.5 Å². The number of hydrogen-bond donors (Lipinski definition) is 0. The van der Waals surface area contributed by atoms with Crippen LogP contribution in [0.4, 0.5) is 10.1 Å². The van der Waals surface area contributed by atoms with Gasteiger partial charge in [0.05, 0.1) is 0 Å². The van der Waals surface area contributed by atoms with Gasteiger partial charge in [-0.3, -0.25) is 0 Å². The van der Waals surface area contributed by atoms with Crippen LogP contribution in [0.1, 0.15) is 17.0 Å². The third kappa shape index (κ3) is 2.52. The molecule has 0 spiro atoms. The van der Waals surface area contributed by atoms with Gasteiger partial charge in [0.2, 0.25) is 0 Å². The first kappa shape index (κ1) is 12.7. The summed E-state index contributed by atoms with van der Waals surface area (Å²) in [5, 5.41) is 0.870. The van der Waals surface area contributed by atoms with Gasteiger partial charge in [0, 0.05) is 30.0 Å². The number of rotatable bonds is 3. The van der Waals surface area contributed by atoms with Gasteiger partial charge < -0.3 is 4.90 Å². The van der Waals surface area contributed by atoms with Crippen LogP contribution in [0.25, 0.3) is 0 Å². The van der Waals surface area contributed by atoms with Crippen LogP contribution in [-0.2, 0) is 6.54 Å². The van der Waals surface area contributed by atoms with Crippen LogP contribution in [0.5, 0.6) is 0 Å². The number of fused-ring (bicyclic) bond motifs is 1. The Labute approximate surface area is 121 Å². The average molecular weight is 320 g/mol. The van der Waals surface area contributed by atoms with Crippen LogP contribution in [0.2, 0.25) is 0 Å². The first-order valence-electron chi connectivity index (χ1n) is 6.42. The Kier molecular flexibility index (Phi) is 3.56. The number of anilines is 1. The van der Waals surface area contributed by atoms with E-state index < -0.39 is 0 Å². The van der Waals surface area contributed by atoms with Crippen molar-refractivity contribution in [3.05, 3.63) is 65.5 Å². The topological polar surface area (TPSA) is 3.24 Å². The molecule has 0 bridgehead atoms. The van der Waals surface area contributed by atoms with Crippen molar-refractivity contribution in [3.8, 4) is 0 Å². The molecule has 1 heterocycles. The molecule has 0 saturated heterocycles. The summed E-state index contributed by atoms with van der Waals surface area (Å²) in [6.45, 7) is 1.82. The zero-order chi connectivity index (χ0) is 13.2. The summed E-state index contributed by atoms with van der Waals surface area (Å²) in [6, 6.07) is 15.5. The Morgan fingerprint density at radius 1 is 1.16 bits per heavy atom. The molecule has 3 heteroatoms. The molecule has 1 nitrogen and oxygen atoms in total. The van der Waals surface area contributed by atoms with Gasteiger partial charge in [-0.2, -0.15) is 0 Å². The monoisotopic (exact) mass is 319 g/mol. The van der Waals surface area contributed by atoms with Crippen LogP contribution in [-0.4, -0.2) is 11.9 Å². The minimum Gasteiger partial charge on any atom is -0.366 e. The van der Waals surface area contributed by atoms with Gasteiger partial charge in [0.25, 0.3) is 0 Å². The van der Waals surface area contributed by atoms with E-state index >= 15 is 0 Å². The fraction of sp³-hybridized carbons (Fsp3) is 0.250. The van der Waals surface area contributed by atoms with E-state index in [1.54, 1.807) is 12.1 Å². The maximum atomic E-state index is 13.4. The molecule has 0 unspecified atom stereocenters. The summed E-state index contributed by atoms with van der Waals surface area (Å²) >= 11 is 3.53. The molecule has 0 fully saturated rings. The molecule has 0 N–H and O–H groups in total. The third-order valence-corrected chi connectivity index (χ3v) is 4.39. The summed E-state index contributed by atoms with van der Waals surface area (Å²) < 4.78 is 13.4. The maximum Gasteiger partial charge on any atom is 0.123 e. The summed E-state index contributed by atoms with van der Waals surface area (Å²) in [5.41, 5.74) is 3.57. The quantitative estimate of drug-likeness (QED) is 0.761. The molecule has 2 aromatic carbocycles. The lowest BCUT2D eigenvalue weighted by Crippen LogP contribution is -2.21. The molecule has 0 aromatic heterocycles. The van der Waals surface area contributed by atoms with E-state index in [0.29, 0.717) is 5.92 Å². The minimum absolute atomic E-state index is 0.147. The van der Waals surface area contributed by atoms with Crippen molar-refractivity contribution in [1.29, 1.82) is 0 Å². The number of alkyl halides is 1. The predicted octanol–water partition coefficient (Wildman–Crippen LogP) is 4.32. The Morgan fingerprint density at radius 3 is 2.68 bits per heavy atom. The fourth-order valence-electron chi connectivity index (χ4n) is 2.69. The zero-order valence-electron chi connectivity index (χ0n) is 10.5. The van der Waals surface area contributed by atoms with Crippen molar-refractivity contribution in [3.63, 3.8) is 0 Å². The minimum atomic E-state index is -0.147. The van der Waals surface area contributed by atoms with Crippen LogP contribution in [0, 0.1) is 5.82 Å². The summed E-state index contributed by atoms with van der Waals surface area (Å²) in [5.74, 6) is 0.223. The van der Waals surface area contributed by atoms with E-state index in [1.807, 2.05) is 12.1 Å². The van der Waals surface area contributed by atoms with Crippen molar-refractivity contribution < 1.29 is 4.39 Å². The van der Waals surface area contributed by atoms with Crippen molar-refractivity contribution >= 4 is 21.6 Å². The van der Waals surface area contributed by atoms with E-state index in [2.05, 4.69) is 45.1 Å². The van der Waals surface area contributed by atoms with E-state index in [4.69, 9.17) is 0 Å². The Bertz CT molecular complexity index is 570. The Morgan fingerprint density at radius 2 is 1.95 bits per heavy atom. The first-order chi connectivity index (χ1) is 9.28. The molecule has 2 aromatic rings. The standard InChI is InChI=1S/C16H15BrFN/c17-9-13-11-19(10-12-4-2-1-3-5-12)16-7-6-14(18)8-15(13)16/h1-8,13H,9-11H2/t13-/m0/s1. The second-order valence-corrected chi connectivity index (χ2v) is 5.57. The SMILES string of the molecule is Fc1ccc2c(c1)[C@@H](CBr)CN2Cc1ccccc1. The molecule has 19 heavy (non-hydrogen) atoms. The van der Waals surface area contributed by atoms with Crippen molar-refractivity contribution in [2.24, 2.45) is 0 Å². The molecule has 0 amide bonds. The number of nitrogens with zero attached hydrogens (tertiary/aromatic N) is 1. The largest absolute Gasteiger partial charge is 0.366 e. The van der Waals surface area contributed by atoms with E-state index in [0.717, 1.165) is 29.7 Å². The Balaban J connectivity index is 1.90. The summed E-state index contributed by atoms with van der Waals surface area (Å²) in [7, 11) is 0. The number of hydrogen-bond acceptors (Lipinski definition) is 1. The number of halogens is 2. The van der Waals surface area contributed by atoms with Gasteiger partial charge in [0.1, 0.15) is 5.82 Å². The van der Waals surface area contributed by atoms with Crippen molar-refractivity contribution in [2.75, 3.05) is 16.8 Å². The average Bonchev–Trinajstić information content (AvgIpc) is 2.77. The van der Waals surface area contributed by atoms with Gasteiger partial charge in [-0.05, 0) is 29.3 Å². The highest BCUT2D eigenvalue weighted by Crippen LogP contribution is 2.38. The lowest BCUT2D eigenvalue weighted by atomic mass is 10.0. The molecule has 3 rings (SSSR count). The highest BCUT2D eigenvalue weighted by Gasteiger charge is 2.28. The molecule has 0 saturated carbocycles. The molecule has 1 aliphatic heterocycles. The molecular formula is C16H15BrFN. The van der Waals surface area contributed by atoms with E-state index in [-0.39, 0.29) is 5.82 Å². The molecule has 1 atom stereocenters. The molecule has 1 aliphatic rings. The zero-order valence-corrected chi connectivity index (χ0v) is 12.1. The van der Waals surface area contributed by atoms with E-state index in [9.17, 15) is 4.39 Å². The maximum absolute atomic E-state index is 13.4. The Hall–Kier alpha value is -1.35. The highest BCUT2D eigenvalue weighted by atomic mass is 79.9. The molecular weight excluding hydrogens is 305 g/mol. The second-order valence-electron chi connectivity index (χ2n) is 4.92. The fourth-order valence-corrected chi connectivity index (χ4v) is 3.24. The first-order valence-corrected chi connectivity index (χ1v) is 7.54. The molecule has 0 aliphatic carbocycles. The van der Waals surface area contributed by atoms with Gasteiger partial charge in [0.15, 0.2) is 0 Å². The molecule has 98 valence electrons. The van der Waals surface area contributed by atoms with Crippen LogP contribution in [0.3, 0.4) is 0 Å². The normalized spacial score (nSPS) is 17.6. The summed E-state index contributed by atoms with van der Waals surface area (Å²) in [4.78, 5) is 2.33. The highest BCUT2D eigenvalue weighted by molar-refractivity contribution is 9.09. The van der Waals surface area contributed by atoms with Crippen LogP contribution in [0.15, 0.2) is 48.5 Å². The van der Waals surface area contributed by atoms with Crippen molar-refractivity contribution in [1.82, 2.24) is 0 Å². The molecule has 0 radical (unpaired) electrons. The smallest absolute Gasteiger partial charge is 0.123 e. The summed E-state index contributed by atoms with van der Waals surface area (Å²) in [6.07, 6.45) is 0. The lowest BCUT2D eigenvalue weighted by Gasteiger charge is -2.19.